The van der Waals surface area contributed by atoms with E-state index in [0.29, 0.717) is 12.3 Å². The van der Waals surface area contributed by atoms with Gasteiger partial charge in [0.2, 0.25) is 10.0 Å². The van der Waals surface area contributed by atoms with Gasteiger partial charge < -0.3 is 0 Å². The van der Waals surface area contributed by atoms with Crippen molar-refractivity contribution in [2.75, 3.05) is 18.2 Å². The van der Waals surface area contributed by atoms with Crippen molar-refractivity contribution in [1.29, 1.82) is 0 Å². The van der Waals surface area contributed by atoms with E-state index in [-0.39, 0.29) is 6.54 Å². The molecule has 0 aliphatic rings. The molecule has 8 heteroatoms. The first-order chi connectivity index (χ1) is 8.27. The summed E-state index contributed by atoms with van der Waals surface area (Å²) in [6.45, 7) is 0.274. The highest BCUT2D eigenvalue weighted by Crippen LogP contribution is 2.21. The summed E-state index contributed by atoms with van der Waals surface area (Å²) < 4.78 is 60.4. The van der Waals surface area contributed by atoms with Gasteiger partial charge in [0.05, 0.1) is 5.75 Å². The largest absolute Gasteiger partial charge is 0.389 e. The van der Waals surface area contributed by atoms with Crippen molar-refractivity contribution in [3.8, 4) is 0 Å². The predicted octanol–water partition coefficient (Wildman–Crippen LogP) is 3.05. The molecular formula is C10H19ClF3NO2S. The predicted molar refractivity (Wildman–Crippen MR) is 66.3 cm³/mol. The molecule has 0 atom stereocenters. The molecule has 0 heterocycles. The van der Waals surface area contributed by atoms with Crippen molar-refractivity contribution in [1.82, 2.24) is 4.72 Å². The fraction of sp³-hybridized carbons (Fsp3) is 1.00. The highest BCUT2D eigenvalue weighted by atomic mass is 35.5. The van der Waals surface area contributed by atoms with Crippen LogP contribution in [0.4, 0.5) is 13.2 Å². The Labute approximate surface area is 111 Å². The Morgan fingerprint density at radius 2 is 1.61 bits per heavy atom. The number of alkyl halides is 4. The van der Waals surface area contributed by atoms with Crippen LogP contribution >= 0.6 is 11.6 Å². The van der Waals surface area contributed by atoms with E-state index >= 15 is 0 Å². The van der Waals surface area contributed by atoms with Gasteiger partial charge in [-0.3, -0.25) is 0 Å². The van der Waals surface area contributed by atoms with Crippen LogP contribution < -0.4 is 4.72 Å². The summed E-state index contributed by atoms with van der Waals surface area (Å²) in [4.78, 5) is 0. The normalized spacial score (nSPS) is 12.9. The van der Waals surface area contributed by atoms with E-state index in [2.05, 4.69) is 4.72 Å². The van der Waals surface area contributed by atoms with Crippen molar-refractivity contribution in [2.45, 2.75) is 44.7 Å². The number of sulfonamides is 1. The zero-order valence-corrected chi connectivity index (χ0v) is 11.7. The molecule has 0 fully saturated rings. The van der Waals surface area contributed by atoms with Crippen LogP contribution in [0.3, 0.4) is 0 Å². The molecule has 0 aromatic heterocycles. The molecule has 0 unspecified atom stereocenters. The molecule has 18 heavy (non-hydrogen) atoms. The number of halogens is 4. The topological polar surface area (TPSA) is 46.2 Å². The highest BCUT2D eigenvalue weighted by molar-refractivity contribution is 7.89. The van der Waals surface area contributed by atoms with Crippen molar-refractivity contribution in [3.63, 3.8) is 0 Å². The Morgan fingerprint density at radius 1 is 1.00 bits per heavy atom. The lowest BCUT2D eigenvalue weighted by Crippen LogP contribution is -2.28. The molecule has 0 amide bonds. The van der Waals surface area contributed by atoms with Crippen LogP contribution in [0.15, 0.2) is 0 Å². The van der Waals surface area contributed by atoms with Gasteiger partial charge in [-0.15, -0.1) is 11.6 Å². The maximum absolute atomic E-state index is 11.8. The molecule has 0 bridgehead atoms. The molecule has 1 N–H and O–H groups in total. The monoisotopic (exact) mass is 309 g/mol. The van der Waals surface area contributed by atoms with Crippen molar-refractivity contribution in [2.24, 2.45) is 0 Å². The molecule has 0 rings (SSSR count). The van der Waals surface area contributed by atoms with Gasteiger partial charge in [-0.1, -0.05) is 12.8 Å². The summed E-state index contributed by atoms with van der Waals surface area (Å²) in [7, 11) is -3.57. The average molecular weight is 310 g/mol. The first-order valence-corrected chi connectivity index (χ1v) is 8.05. The molecular weight excluding hydrogens is 291 g/mol. The van der Waals surface area contributed by atoms with Gasteiger partial charge >= 0.3 is 6.18 Å². The van der Waals surface area contributed by atoms with E-state index in [1.54, 1.807) is 0 Å². The Balaban J connectivity index is 3.62. The van der Waals surface area contributed by atoms with E-state index < -0.39 is 34.8 Å². The van der Waals surface area contributed by atoms with E-state index in [0.717, 1.165) is 19.3 Å². The molecule has 0 saturated carbocycles. The Morgan fingerprint density at radius 3 is 2.17 bits per heavy atom. The highest BCUT2D eigenvalue weighted by Gasteiger charge is 2.27. The maximum atomic E-state index is 11.8. The fourth-order valence-electron chi connectivity index (χ4n) is 1.34. The number of nitrogens with one attached hydrogen (secondary N) is 1. The molecule has 0 aromatic carbocycles. The van der Waals surface area contributed by atoms with E-state index in [1.165, 1.54) is 0 Å². The first-order valence-electron chi connectivity index (χ1n) is 5.87. The molecule has 0 aliphatic heterocycles. The van der Waals surface area contributed by atoms with Crippen LogP contribution in [0.25, 0.3) is 0 Å². The number of rotatable bonds is 10. The quantitative estimate of drug-likeness (QED) is 0.498. The van der Waals surface area contributed by atoms with Crippen molar-refractivity contribution < 1.29 is 21.6 Å². The van der Waals surface area contributed by atoms with Gasteiger partial charge in [0.15, 0.2) is 0 Å². The van der Waals surface area contributed by atoms with Gasteiger partial charge in [0, 0.05) is 18.8 Å². The van der Waals surface area contributed by atoms with Crippen LogP contribution in [-0.4, -0.2) is 32.8 Å². The summed E-state index contributed by atoms with van der Waals surface area (Å²) in [5.74, 6) is 0.108. The number of unbranched alkanes of at least 4 members (excludes halogenated alkanes) is 3. The Hall–Kier alpha value is -0.0100. The van der Waals surface area contributed by atoms with Crippen LogP contribution in [0, 0.1) is 0 Å². The molecule has 0 spiro atoms. The van der Waals surface area contributed by atoms with Crippen LogP contribution in [0.2, 0.25) is 0 Å². The lowest BCUT2D eigenvalue weighted by molar-refractivity contribution is -0.134. The third-order valence-corrected chi connectivity index (χ3v) is 3.99. The standard InChI is InChI=1S/C10H19ClF3NO2S/c11-7-3-1-2-4-8-15-18(16,17)9-5-6-10(12,13)14/h15H,1-9H2. The third kappa shape index (κ3) is 12.4. The Bertz CT molecular complexity index is 307. The average Bonchev–Trinajstić information content (AvgIpc) is 2.21. The second-order valence-corrected chi connectivity index (χ2v) is 6.34. The van der Waals surface area contributed by atoms with Crippen LogP contribution in [0.5, 0.6) is 0 Å². The van der Waals surface area contributed by atoms with E-state index in [4.69, 9.17) is 11.6 Å². The number of hydrogen-bond acceptors (Lipinski definition) is 2. The lowest BCUT2D eigenvalue weighted by Gasteiger charge is -2.08. The lowest BCUT2D eigenvalue weighted by atomic mass is 10.2. The van der Waals surface area contributed by atoms with Gasteiger partial charge in [0.25, 0.3) is 0 Å². The van der Waals surface area contributed by atoms with Crippen LogP contribution in [0.1, 0.15) is 38.5 Å². The fourth-order valence-corrected chi connectivity index (χ4v) is 2.65. The zero-order chi connectivity index (χ0) is 14.1. The molecule has 0 saturated heterocycles. The SMILES string of the molecule is O=S(=O)(CCCC(F)(F)F)NCCCCCCCl. The van der Waals surface area contributed by atoms with Crippen LogP contribution in [-0.2, 0) is 10.0 Å². The molecule has 0 radical (unpaired) electrons. The zero-order valence-electron chi connectivity index (χ0n) is 10.1. The van der Waals surface area contributed by atoms with E-state index in [9.17, 15) is 21.6 Å². The molecule has 3 nitrogen and oxygen atoms in total. The molecule has 0 aromatic rings. The first kappa shape index (κ1) is 18.0. The Kier molecular flexibility index (Phi) is 8.98. The van der Waals surface area contributed by atoms with Gasteiger partial charge in [0.1, 0.15) is 0 Å². The van der Waals surface area contributed by atoms with Gasteiger partial charge in [-0.2, -0.15) is 13.2 Å². The third-order valence-electron chi connectivity index (χ3n) is 2.26. The van der Waals surface area contributed by atoms with Crippen molar-refractivity contribution >= 4 is 21.6 Å². The summed E-state index contributed by atoms with van der Waals surface area (Å²) in [5.41, 5.74) is 0. The maximum Gasteiger partial charge on any atom is 0.389 e. The summed E-state index contributed by atoms with van der Waals surface area (Å²) in [6, 6.07) is 0. The smallest absolute Gasteiger partial charge is 0.215 e. The summed E-state index contributed by atoms with van der Waals surface area (Å²) in [6.07, 6.45) is -2.40. The molecule has 110 valence electrons. The van der Waals surface area contributed by atoms with Gasteiger partial charge in [-0.05, 0) is 19.3 Å². The van der Waals surface area contributed by atoms with E-state index in [1.807, 2.05) is 0 Å². The minimum absolute atomic E-state index is 0.274. The van der Waals surface area contributed by atoms with Gasteiger partial charge in [-0.25, -0.2) is 13.1 Å². The molecule has 0 aliphatic carbocycles. The second kappa shape index (κ2) is 8.98. The minimum atomic E-state index is -4.29. The minimum Gasteiger partial charge on any atom is -0.215 e. The second-order valence-electron chi connectivity index (χ2n) is 4.04. The number of hydrogen-bond donors (Lipinski definition) is 1. The van der Waals surface area contributed by atoms with Crippen molar-refractivity contribution in [3.05, 3.63) is 0 Å². The summed E-state index contributed by atoms with van der Waals surface area (Å²) >= 11 is 5.48. The summed E-state index contributed by atoms with van der Waals surface area (Å²) in [5, 5.41) is 0.